The largest absolute Gasteiger partial charge is 0.496 e. The summed E-state index contributed by atoms with van der Waals surface area (Å²) >= 11 is 5.80. The normalized spacial score (nSPS) is 14.9. The zero-order valence-electron chi connectivity index (χ0n) is 9.14. The fourth-order valence-corrected chi connectivity index (χ4v) is 1.57. The molecule has 0 radical (unpaired) electrons. The predicted octanol–water partition coefficient (Wildman–Crippen LogP) is 2.87. The summed E-state index contributed by atoms with van der Waals surface area (Å²) in [6, 6.07) is 4.87. The van der Waals surface area contributed by atoms with Crippen molar-refractivity contribution < 1.29 is 13.5 Å². The fourth-order valence-electron chi connectivity index (χ4n) is 1.37. The van der Waals surface area contributed by atoms with Gasteiger partial charge in [-0.1, -0.05) is 11.6 Å². The molecule has 1 aromatic rings. The van der Waals surface area contributed by atoms with Crippen LogP contribution in [0.15, 0.2) is 18.2 Å². The van der Waals surface area contributed by atoms with Crippen molar-refractivity contribution in [3.8, 4) is 5.75 Å². The minimum absolute atomic E-state index is 0.00833. The van der Waals surface area contributed by atoms with Crippen molar-refractivity contribution in [1.82, 2.24) is 0 Å². The van der Waals surface area contributed by atoms with E-state index in [1.165, 1.54) is 14.0 Å². The summed E-state index contributed by atoms with van der Waals surface area (Å²) < 4.78 is 30.3. The highest BCUT2D eigenvalue weighted by molar-refractivity contribution is 6.30. The van der Waals surface area contributed by atoms with Crippen molar-refractivity contribution >= 4 is 11.6 Å². The Labute approximate surface area is 98.3 Å². The molecule has 1 unspecified atom stereocenters. The average Bonchev–Trinajstić information content (AvgIpc) is 2.17. The molecule has 0 heterocycles. The lowest BCUT2D eigenvalue weighted by molar-refractivity contribution is 0.0636. The van der Waals surface area contributed by atoms with Gasteiger partial charge in [-0.2, -0.15) is 0 Å². The molecule has 16 heavy (non-hydrogen) atoms. The molecule has 5 heteroatoms. The molecule has 2 nitrogen and oxygen atoms in total. The molecule has 90 valence electrons. The lowest BCUT2D eigenvalue weighted by atomic mass is 9.94. The molecule has 0 aliphatic heterocycles. The monoisotopic (exact) mass is 249 g/mol. The maximum absolute atomic E-state index is 12.6. The van der Waals surface area contributed by atoms with Crippen molar-refractivity contribution in [3.05, 3.63) is 28.8 Å². The first-order valence-corrected chi connectivity index (χ1v) is 5.14. The van der Waals surface area contributed by atoms with Crippen LogP contribution in [0, 0.1) is 0 Å². The number of halogens is 3. The quantitative estimate of drug-likeness (QED) is 0.891. The van der Waals surface area contributed by atoms with Gasteiger partial charge in [-0.05, 0) is 37.1 Å². The average molecular weight is 250 g/mol. The van der Waals surface area contributed by atoms with Gasteiger partial charge in [-0.25, -0.2) is 8.78 Å². The second kappa shape index (κ2) is 4.97. The first-order chi connectivity index (χ1) is 7.36. The molecule has 0 aliphatic rings. The summed E-state index contributed by atoms with van der Waals surface area (Å²) in [7, 11) is 1.48. The maximum atomic E-state index is 12.6. The summed E-state index contributed by atoms with van der Waals surface area (Å²) in [5.74, 6) is 0.515. The minimum Gasteiger partial charge on any atom is -0.496 e. The molecule has 0 saturated heterocycles. The van der Waals surface area contributed by atoms with Crippen LogP contribution >= 0.6 is 11.6 Å². The zero-order chi connectivity index (χ0) is 12.3. The van der Waals surface area contributed by atoms with Crippen LogP contribution in [0.2, 0.25) is 5.02 Å². The van der Waals surface area contributed by atoms with Crippen molar-refractivity contribution in [2.24, 2.45) is 5.73 Å². The van der Waals surface area contributed by atoms with Crippen LogP contribution in [0.25, 0.3) is 0 Å². The van der Waals surface area contributed by atoms with Gasteiger partial charge in [0, 0.05) is 5.02 Å². The van der Waals surface area contributed by atoms with Crippen molar-refractivity contribution in [2.45, 2.75) is 25.3 Å². The van der Waals surface area contributed by atoms with Gasteiger partial charge in [0.1, 0.15) is 5.75 Å². The molecule has 1 atom stereocenters. The predicted molar refractivity (Wildman–Crippen MR) is 60.3 cm³/mol. The Bertz CT molecular complexity index is 369. The van der Waals surface area contributed by atoms with Crippen molar-refractivity contribution in [3.63, 3.8) is 0 Å². The highest BCUT2D eigenvalue weighted by Crippen LogP contribution is 2.27. The van der Waals surface area contributed by atoms with Crippen LogP contribution < -0.4 is 10.5 Å². The van der Waals surface area contributed by atoms with Crippen molar-refractivity contribution in [1.29, 1.82) is 0 Å². The minimum atomic E-state index is -2.60. The number of alkyl halides is 2. The Morgan fingerprint density at radius 3 is 2.62 bits per heavy atom. The summed E-state index contributed by atoms with van der Waals surface area (Å²) in [5, 5.41) is 0.473. The highest BCUT2D eigenvalue weighted by Gasteiger charge is 2.31. The smallest absolute Gasteiger partial charge is 0.256 e. The van der Waals surface area contributed by atoms with E-state index in [-0.39, 0.29) is 6.42 Å². The van der Waals surface area contributed by atoms with Crippen LogP contribution in [-0.2, 0) is 6.42 Å². The summed E-state index contributed by atoms with van der Waals surface area (Å²) in [4.78, 5) is 0. The number of benzene rings is 1. The third-order valence-corrected chi connectivity index (χ3v) is 2.55. The number of hydrogen-bond donors (Lipinski definition) is 1. The van der Waals surface area contributed by atoms with Crippen LogP contribution in [0.1, 0.15) is 12.5 Å². The van der Waals surface area contributed by atoms with E-state index in [0.29, 0.717) is 16.3 Å². The van der Waals surface area contributed by atoms with E-state index >= 15 is 0 Å². The van der Waals surface area contributed by atoms with E-state index in [9.17, 15) is 8.78 Å². The molecule has 0 bridgehead atoms. The van der Waals surface area contributed by atoms with Gasteiger partial charge < -0.3 is 10.5 Å². The van der Waals surface area contributed by atoms with Gasteiger partial charge in [0.25, 0.3) is 6.43 Å². The number of methoxy groups -OCH3 is 1. The first-order valence-electron chi connectivity index (χ1n) is 4.76. The van der Waals surface area contributed by atoms with Gasteiger partial charge >= 0.3 is 0 Å². The maximum Gasteiger partial charge on any atom is 0.256 e. The third-order valence-electron chi connectivity index (χ3n) is 2.31. The highest BCUT2D eigenvalue weighted by atomic mass is 35.5. The Morgan fingerprint density at radius 2 is 2.12 bits per heavy atom. The Hall–Kier alpha value is -0.870. The van der Waals surface area contributed by atoms with E-state index in [1.54, 1.807) is 18.2 Å². The second-order valence-corrected chi connectivity index (χ2v) is 4.38. The van der Waals surface area contributed by atoms with E-state index < -0.39 is 12.0 Å². The Balaban J connectivity index is 2.99. The van der Waals surface area contributed by atoms with E-state index in [0.717, 1.165) is 0 Å². The van der Waals surface area contributed by atoms with Gasteiger partial charge in [0.2, 0.25) is 0 Å². The van der Waals surface area contributed by atoms with Gasteiger partial charge in [0.05, 0.1) is 12.6 Å². The molecular weight excluding hydrogens is 236 g/mol. The topological polar surface area (TPSA) is 35.2 Å². The molecule has 0 spiro atoms. The standard InChI is InChI=1S/C11H14ClF2NO/c1-11(15,10(13)14)6-7-5-8(12)3-4-9(7)16-2/h3-5,10H,6,15H2,1-2H3. The Morgan fingerprint density at radius 1 is 1.50 bits per heavy atom. The van der Waals surface area contributed by atoms with Crippen LogP contribution in [-0.4, -0.2) is 19.1 Å². The third kappa shape index (κ3) is 3.06. The van der Waals surface area contributed by atoms with E-state index in [4.69, 9.17) is 22.1 Å². The van der Waals surface area contributed by atoms with Gasteiger partial charge in [-0.3, -0.25) is 0 Å². The first kappa shape index (κ1) is 13.2. The number of rotatable bonds is 4. The zero-order valence-corrected chi connectivity index (χ0v) is 9.89. The second-order valence-electron chi connectivity index (χ2n) is 3.94. The SMILES string of the molecule is COc1ccc(Cl)cc1CC(C)(N)C(F)F. The van der Waals surface area contributed by atoms with E-state index in [1.807, 2.05) is 0 Å². The molecule has 1 aromatic carbocycles. The number of nitrogens with two attached hydrogens (primary N) is 1. The molecular formula is C11H14ClF2NO. The number of hydrogen-bond acceptors (Lipinski definition) is 2. The molecule has 0 amide bonds. The van der Waals surface area contributed by atoms with Gasteiger partial charge in [0.15, 0.2) is 0 Å². The van der Waals surface area contributed by atoms with Gasteiger partial charge in [-0.15, -0.1) is 0 Å². The number of ether oxygens (including phenoxy) is 1. The molecule has 1 rings (SSSR count). The van der Waals surface area contributed by atoms with E-state index in [2.05, 4.69) is 0 Å². The summed E-state index contributed by atoms with van der Waals surface area (Å²) in [5.41, 5.74) is 4.51. The Kier molecular flexibility index (Phi) is 4.10. The summed E-state index contributed by atoms with van der Waals surface area (Å²) in [6.07, 6.45) is -2.59. The molecule has 0 fully saturated rings. The molecule has 0 aromatic heterocycles. The molecule has 0 aliphatic carbocycles. The molecule has 2 N–H and O–H groups in total. The van der Waals surface area contributed by atoms with Crippen molar-refractivity contribution in [2.75, 3.05) is 7.11 Å². The lowest BCUT2D eigenvalue weighted by Crippen LogP contribution is -2.45. The van der Waals surface area contributed by atoms with Crippen LogP contribution in [0.3, 0.4) is 0 Å². The lowest BCUT2D eigenvalue weighted by Gasteiger charge is -2.24. The molecule has 0 saturated carbocycles. The summed E-state index contributed by atoms with van der Waals surface area (Å²) in [6.45, 7) is 1.30. The van der Waals surface area contributed by atoms with Crippen LogP contribution in [0.4, 0.5) is 8.78 Å². The van der Waals surface area contributed by atoms with Crippen LogP contribution in [0.5, 0.6) is 5.75 Å². The fraction of sp³-hybridized carbons (Fsp3) is 0.455.